The highest BCUT2D eigenvalue weighted by molar-refractivity contribution is 7.78. The van der Waals surface area contributed by atoms with Gasteiger partial charge in [0, 0.05) is 0 Å². The summed E-state index contributed by atoms with van der Waals surface area (Å²) in [5, 5.41) is 15.2. The van der Waals surface area contributed by atoms with Crippen molar-refractivity contribution >= 4 is 64.1 Å². The van der Waals surface area contributed by atoms with Gasteiger partial charge in [0.05, 0.1) is 53.4 Å². The summed E-state index contributed by atoms with van der Waals surface area (Å²) in [6, 6.07) is 0. The molecular formula is C12H13N3O4S3. The second-order valence-electron chi connectivity index (χ2n) is 4.28. The molecule has 0 aliphatic heterocycles. The molecule has 0 heterocycles. The summed E-state index contributed by atoms with van der Waals surface area (Å²) in [5.74, 6) is -1.72. The summed E-state index contributed by atoms with van der Waals surface area (Å²) < 4.78 is 5.08. The number of aliphatic imine (C=N–C) groups is 3. The predicted molar refractivity (Wildman–Crippen MR) is 89.9 cm³/mol. The average molecular weight is 359 g/mol. The monoisotopic (exact) mass is 359 g/mol. The molecule has 0 saturated heterocycles. The minimum atomic E-state index is -1.08. The van der Waals surface area contributed by atoms with Gasteiger partial charge < -0.3 is 9.84 Å². The molecule has 10 heteroatoms. The SMILES string of the molecule is O=C(O)CCC(=O)OCC(CN=C=S)(CN=C=S)CN=C=S. The van der Waals surface area contributed by atoms with Crippen LogP contribution in [0, 0.1) is 5.41 Å². The van der Waals surface area contributed by atoms with E-state index in [4.69, 9.17) is 9.84 Å². The first-order valence-corrected chi connectivity index (χ1v) is 7.20. The van der Waals surface area contributed by atoms with Crippen LogP contribution in [0.1, 0.15) is 12.8 Å². The number of nitrogens with zero attached hydrogens (tertiary/aromatic N) is 3. The van der Waals surface area contributed by atoms with Crippen LogP contribution in [0.4, 0.5) is 0 Å². The number of isothiocyanates is 3. The molecule has 0 amide bonds. The molecule has 7 nitrogen and oxygen atoms in total. The van der Waals surface area contributed by atoms with Gasteiger partial charge in [0.15, 0.2) is 0 Å². The van der Waals surface area contributed by atoms with Gasteiger partial charge in [0.1, 0.15) is 6.61 Å². The zero-order valence-electron chi connectivity index (χ0n) is 11.5. The maximum atomic E-state index is 11.5. The Labute approximate surface area is 143 Å². The molecule has 0 fully saturated rings. The van der Waals surface area contributed by atoms with E-state index < -0.39 is 17.4 Å². The molecule has 0 atom stereocenters. The number of thiocarbonyl (C=S) groups is 3. The van der Waals surface area contributed by atoms with Crippen LogP contribution in [-0.2, 0) is 14.3 Å². The van der Waals surface area contributed by atoms with E-state index in [9.17, 15) is 9.59 Å². The number of carbonyl (C=O) groups excluding carboxylic acids is 1. The third kappa shape index (κ3) is 9.31. The van der Waals surface area contributed by atoms with E-state index in [1.165, 1.54) is 0 Å². The van der Waals surface area contributed by atoms with E-state index in [1.807, 2.05) is 0 Å². The van der Waals surface area contributed by atoms with Crippen molar-refractivity contribution in [2.75, 3.05) is 26.2 Å². The summed E-state index contributed by atoms with van der Waals surface area (Å²) in [7, 11) is 0. The Hall–Kier alpha value is -1.66. The van der Waals surface area contributed by atoms with Gasteiger partial charge in [-0.05, 0) is 36.7 Å². The van der Waals surface area contributed by atoms with E-state index in [-0.39, 0.29) is 39.1 Å². The van der Waals surface area contributed by atoms with Crippen molar-refractivity contribution in [2.24, 2.45) is 20.4 Å². The first kappa shape index (κ1) is 20.3. The van der Waals surface area contributed by atoms with Crippen LogP contribution in [-0.4, -0.2) is 58.8 Å². The lowest BCUT2D eigenvalue weighted by molar-refractivity contribution is -0.150. The Morgan fingerprint density at radius 1 is 0.955 bits per heavy atom. The second-order valence-corrected chi connectivity index (χ2v) is 4.82. The van der Waals surface area contributed by atoms with Crippen LogP contribution in [0.2, 0.25) is 0 Å². The zero-order chi connectivity index (χ0) is 16.8. The van der Waals surface area contributed by atoms with Crippen molar-refractivity contribution in [1.29, 1.82) is 0 Å². The number of carbonyl (C=O) groups is 2. The van der Waals surface area contributed by atoms with Crippen LogP contribution in [0.15, 0.2) is 15.0 Å². The highest BCUT2D eigenvalue weighted by Gasteiger charge is 2.32. The molecule has 0 aliphatic carbocycles. The molecule has 0 aromatic carbocycles. The third-order valence-electron chi connectivity index (χ3n) is 2.52. The Balaban J connectivity index is 4.96. The zero-order valence-corrected chi connectivity index (χ0v) is 13.9. The minimum Gasteiger partial charge on any atom is -0.481 e. The molecule has 0 aromatic rings. The number of ether oxygens (including phenoxy) is 1. The molecular weight excluding hydrogens is 346 g/mol. The van der Waals surface area contributed by atoms with Gasteiger partial charge in [-0.1, -0.05) is 0 Å². The molecule has 1 N–H and O–H groups in total. The highest BCUT2D eigenvalue weighted by Crippen LogP contribution is 2.20. The quantitative estimate of drug-likeness (QED) is 0.340. The molecule has 22 heavy (non-hydrogen) atoms. The van der Waals surface area contributed by atoms with Crippen molar-refractivity contribution in [2.45, 2.75) is 12.8 Å². The van der Waals surface area contributed by atoms with Gasteiger partial charge in [-0.15, -0.1) is 0 Å². The lowest BCUT2D eigenvalue weighted by Gasteiger charge is -2.27. The first-order valence-electron chi connectivity index (χ1n) is 5.98. The number of aliphatic carboxylic acids is 1. The third-order valence-corrected chi connectivity index (χ3v) is 2.91. The topological polar surface area (TPSA) is 101 Å². The maximum absolute atomic E-state index is 11.5. The Morgan fingerprint density at radius 2 is 1.41 bits per heavy atom. The van der Waals surface area contributed by atoms with Crippen LogP contribution in [0.25, 0.3) is 0 Å². The number of hydrogen-bond donors (Lipinski definition) is 1. The molecule has 0 unspecified atom stereocenters. The van der Waals surface area contributed by atoms with Crippen molar-refractivity contribution in [3.05, 3.63) is 0 Å². The average Bonchev–Trinajstić information content (AvgIpc) is 2.51. The van der Waals surface area contributed by atoms with Crippen molar-refractivity contribution < 1.29 is 19.4 Å². The molecule has 0 aliphatic rings. The van der Waals surface area contributed by atoms with E-state index in [2.05, 4.69) is 67.1 Å². The van der Waals surface area contributed by atoms with Crippen LogP contribution in [0.5, 0.6) is 0 Å². The first-order chi connectivity index (χ1) is 10.5. The van der Waals surface area contributed by atoms with Gasteiger partial charge in [-0.2, -0.15) is 0 Å². The number of esters is 1. The molecule has 0 saturated carbocycles. The molecule has 0 aromatic heterocycles. The smallest absolute Gasteiger partial charge is 0.306 e. The van der Waals surface area contributed by atoms with E-state index in [0.717, 1.165) is 0 Å². The van der Waals surface area contributed by atoms with Gasteiger partial charge in [-0.3, -0.25) is 9.59 Å². The lowest BCUT2D eigenvalue weighted by Crippen LogP contribution is -2.37. The van der Waals surface area contributed by atoms with Gasteiger partial charge in [0.25, 0.3) is 0 Å². The molecule has 0 bridgehead atoms. The summed E-state index contributed by atoms with van der Waals surface area (Å²) in [4.78, 5) is 33.5. The fourth-order valence-electron chi connectivity index (χ4n) is 1.40. The molecule has 118 valence electrons. The van der Waals surface area contributed by atoms with E-state index in [0.29, 0.717) is 0 Å². The van der Waals surface area contributed by atoms with Gasteiger partial charge in [-0.25, -0.2) is 15.0 Å². The summed E-state index contributed by atoms with van der Waals surface area (Å²) in [5.41, 5.74) is -0.803. The Bertz CT molecular complexity index is 498. The number of carboxylic acid groups (broad SMARTS) is 1. The van der Waals surface area contributed by atoms with E-state index >= 15 is 0 Å². The maximum Gasteiger partial charge on any atom is 0.306 e. The van der Waals surface area contributed by atoms with Gasteiger partial charge in [0.2, 0.25) is 0 Å². The summed E-state index contributed by atoms with van der Waals surface area (Å²) in [6.07, 6.45) is -0.533. The summed E-state index contributed by atoms with van der Waals surface area (Å²) >= 11 is 13.6. The minimum absolute atomic E-state index is 0.0903. The largest absolute Gasteiger partial charge is 0.481 e. The van der Waals surface area contributed by atoms with Crippen LogP contribution >= 0.6 is 36.7 Å². The normalized spacial score (nSPS) is 11.8. The number of rotatable bonds is 11. The molecule has 0 rings (SSSR count). The predicted octanol–water partition coefficient (Wildman–Crippen LogP) is 1.69. The van der Waals surface area contributed by atoms with Crippen molar-refractivity contribution in [3.63, 3.8) is 0 Å². The Kier molecular flexibility index (Phi) is 11.0. The Morgan fingerprint density at radius 3 is 1.77 bits per heavy atom. The number of carboxylic acids is 1. The highest BCUT2D eigenvalue weighted by atomic mass is 32.1. The van der Waals surface area contributed by atoms with E-state index in [1.54, 1.807) is 0 Å². The number of hydrogen-bond acceptors (Lipinski definition) is 9. The van der Waals surface area contributed by atoms with Crippen LogP contribution in [0.3, 0.4) is 0 Å². The van der Waals surface area contributed by atoms with Crippen molar-refractivity contribution in [3.8, 4) is 0 Å². The second kappa shape index (κ2) is 11.9. The lowest BCUT2D eigenvalue weighted by atomic mass is 9.89. The summed E-state index contributed by atoms with van der Waals surface area (Å²) in [6.45, 7) is 0.338. The van der Waals surface area contributed by atoms with Crippen LogP contribution < -0.4 is 0 Å². The fraction of sp³-hybridized carbons (Fsp3) is 0.583. The molecule has 0 radical (unpaired) electrons. The molecule has 0 spiro atoms. The van der Waals surface area contributed by atoms with Gasteiger partial charge >= 0.3 is 11.9 Å². The standard InChI is InChI=1S/C12H13N3O4S3/c16-10(17)1-2-11(18)19-6-12(3-13-7-20,4-14-8-21)5-15-9-22/h1-6H2,(H,16,17). The van der Waals surface area contributed by atoms with Crippen molar-refractivity contribution in [1.82, 2.24) is 0 Å². The fourth-order valence-corrected chi connectivity index (χ4v) is 1.60.